The SMILES string of the molecule is CCCOC(=O)c1ccc(NC(=O)COC(=O)CN2C(=O)[C@@H]3C4c5ccccc5C(c5ccccc54)[C@H]3C2=O)cc1. The molecule has 9 heteroatoms. The molecular weight excluding hydrogens is 524 g/mol. The number of nitrogens with zero attached hydrogens (tertiary/aromatic N) is 1. The first-order valence-electron chi connectivity index (χ1n) is 13.6. The summed E-state index contributed by atoms with van der Waals surface area (Å²) in [6, 6.07) is 21.9. The lowest BCUT2D eigenvalue weighted by molar-refractivity contribution is -0.154. The summed E-state index contributed by atoms with van der Waals surface area (Å²) in [5.74, 6) is -4.39. The van der Waals surface area contributed by atoms with Crippen LogP contribution in [0.1, 0.15) is 57.8 Å². The summed E-state index contributed by atoms with van der Waals surface area (Å²) < 4.78 is 10.2. The Morgan fingerprint density at radius 3 is 1.76 bits per heavy atom. The number of amides is 3. The molecule has 1 N–H and O–H groups in total. The van der Waals surface area contributed by atoms with Gasteiger partial charge in [0.2, 0.25) is 11.8 Å². The molecule has 3 aromatic rings. The standard InChI is InChI=1S/C32H28N2O7/c1-2-15-40-32(39)18-11-13-19(14-12-18)33-24(35)17-41-25(36)16-34-30(37)28-26-20-7-3-4-8-21(20)27(29(28)31(34)38)23-10-6-5-9-22(23)26/h3-14,26-29H,2,15-17H2,1H3,(H,33,35)/t26?,27?,28-,29-/m1/s1. The number of likely N-dealkylation sites (tertiary alicyclic amines) is 1. The minimum absolute atomic E-state index is 0.263. The Labute approximate surface area is 236 Å². The van der Waals surface area contributed by atoms with E-state index in [-0.39, 0.29) is 11.8 Å². The van der Waals surface area contributed by atoms with Crippen LogP contribution in [0.25, 0.3) is 0 Å². The van der Waals surface area contributed by atoms with Gasteiger partial charge in [-0.15, -0.1) is 0 Å². The molecule has 1 aliphatic heterocycles. The zero-order chi connectivity index (χ0) is 28.7. The van der Waals surface area contributed by atoms with E-state index in [1.165, 1.54) is 24.3 Å². The molecule has 41 heavy (non-hydrogen) atoms. The van der Waals surface area contributed by atoms with Gasteiger partial charge in [-0.25, -0.2) is 4.79 Å². The van der Waals surface area contributed by atoms with Crippen molar-refractivity contribution in [3.63, 3.8) is 0 Å². The van der Waals surface area contributed by atoms with E-state index in [0.29, 0.717) is 24.3 Å². The quantitative estimate of drug-likeness (QED) is 0.335. The third kappa shape index (κ3) is 4.57. The maximum absolute atomic E-state index is 13.6. The summed E-state index contributed by atoms with van der Waals surface area (Å²) in [6.07, 6.45) is 0.712. The third-order valence-corrected chi connectivity index (χ3v) is 8.03. The van der Waals surface area contributed by atoms with Gasteiger partial charge in [-0.2, -0.15) is 0 Å². The maximum Gasteiger partial charge on any atom is 0.338 e. The Balaban J connectivity index is 1.09. The zero-order valence-corrected chi connectivity index (χ0v) is 22.4. The van der Waals surface area contributed by atoms with Crippen molar-refractivity contribution in [3.05, 3.63) is 101 Å². The summed E-state index contributed by atoms with van der Waals surface area (Å²) >= 11 is 0. The van der Waals surface area contributed by atoms with Crippen LogP contribution in [0, 0.1) is 11.8 Å². The first-order valence-corrected chi connectivity index (χ1v) is 13.6. The van der Waals surface area contributed by atoms with E-state index in [9.17, 15) is 24.0 Å². The van der Waals surface area contributed by atoms with E-state index >= 15 is 0 Å². The Kier molecular flexibility index (Phi) is 6.86. The van der Waals surface area contributed by atoms with Crippen LogP contribution in [0.5, 0.6) is 0 Å². The summed E-state index contributed by atoms with van der Waals surface area (Å²) in [5, 5.41) is 2.58. The van der Waals surface area contributed by atoms with Crippen LogP contribution in [0.2, 0.25) is 0 Å². The number of carbonyl (C=O) groups is 5. The van der Waals surface area contributed by atoms with E-state index in [1.807, 2.05) is 55.5 Å². The van der Waals surface area contributed by atoms with Crippen molar-refractivity contribution in [2.75, 3.05) is 25.1 Å². The van der Waals surface area contributed by atoms with Crippen LogP contribution >= 0.6 is 0 Å². The number of benzene rings is 3. The van der Waals surface area contributed by atoms with Crippen LogP contribution in [0.3, 0.4) is 0 Å². The molecule has 2 atom stereocenters. The van der Waals surface area contributed by atoms with Gasteiger partial charge in [-0.05, 0) is 52.9 Å². The number of esters is 2. The number of anilines is 1. The normalized spacial score (nSPS) is 21.5. The second-order valence-corrected chi connectivity index (χ2v) is 10.4. The topological polar surface area (TPSA) is 119 Å². The van der Waals surface area contributed by atoms with Crippen LogP contribution < -0.4 is 5.32 Å². The second-order valence-electron chi connectivity index (χ2n) is 10.4. The van der Waals surface area contributed by atoms with Crippen molar-refractivity contribution in [2.45, 2.75) is 25.2 Å². The number of hydrogen-bond acceptors (Lipinski definition) is 7. The molecule has 3 amide bonds. The van der Waals surface area contributed by atoms with Crippen molar-refractivity contribution in [1.82, 2.24) is 4.90 Å². The largest absolute Gasteiger partial charge is 0.462 e. The van der Waals surface area contributed by atoms with Crippen molar-refractivity contribution in [2.24, 2.45) is 11.8 Å². The number of hydrogen-bond donors (Lipinski definition) is 1. The zero-order valence-electron chi connectivity index (χ0n) is 22.4. The number of ether oxygens (including phenoxy) is 2. The molecule has 2 bridgehead atoms. The van der Waals surface area contributed by atoms with E-state index in [0.717, 1.165) is 27.2 Å². The summed E-state index contributed by atoms with van der Waals surface area (Å²) in [4.78, 5) is 65.1. The van der Waals surface area contributed by atoms with E-state index in [4.69, 9.17) is 9.47 Å². The van der Waals surface area contributed by atoms with Crippen LogP contribution in [-0.2, 0) is 28.7 Å². The van der Waals surface area contributed by atoms with Crippen molar-refractivity contribution >= 4 is 35.3 Å². The lowest BCUT2D eigenvalue weighted by Crippen LogP contribution is -2.41. The van der Waals surface area contributed by atoms with E-state index in [1.54, 1.807) is 0 Å². The number of rotatable bonds is 8. The Morgan fingerprint density at radius 2 is 1.27 bits per heavy atom. The molecule has 0 spiro atoms. The minimum atomic E-state index is -0.850. The second kappa shape index (κ2) is 10.6. The Morgan fingerprint density at radius 1 is 0.756 bits per heavy atom. The van der Waals surface area contributed by atoms with Gasteiger partial charge in [-0.3, -0.25) is 24.1 Å². The highest BCUT2D eigenvalue weighted by atomic mass is 16.5. The predicted octanol–water partition coefficient (Wildman–Crippen LogP) is 3.63. The molecule has 1 fully saturated rings. The Hall–Kier alpha value is -4.79. The predicted molar refractivity (Wildman–Crippen MR) is 147 cm³/mol. The molecule has 9 nitrogen and oxygen atoms in total. The van der Waals surface area contributed by atoms with E-state index < -0.39 is 54.6 Å². The van der Waals surface area contributed by atoms with Gasteiger partial charge in [0.1, 0.15) is 6.54 Å². The average molecular weight is 553 g/mol. The first kappa shape index (κ1) is 26.4. The molecule has 0 aromatic heterocycles. The fourth-order valence-corrected chi connectivity index (χ4v) is 6.38. The molecule has 0 unspecified atom stereocenters. The lowest BCUT2D eigenvalue weighted by atomic mass is 9.55. The van der Waals surface area contributed by atoms with Gasteiger partial charge in [0.25, 0.3) is 5.91 Å². The fraction of sp³-hybridized carbons (Fsp3) is 0.281. The molecule has 3 aliphatic carbocycles. The summed E-state index contributed by atoms with van der Waals surface area (Å²) in [7, 11) is 0. The van der Waals surface area contributed by atoms with Gasteiger partial charge < -0.3 is 14.8 Å². The maximum atomic E-state index is 13.6. The highest BCUT2D eigenvalue weighted by Crippen LogP contribution is 2.60. The Bertz CT molecular complexity index is 1450. The molecule has 1 heterocycles. The van der Waals surface area contributed by atoms with Gasteiger partial charge in [0.05, 0.1) is 24.0 Å². The fourth-order valence-electron chi connectivity index (χ4n) is 6.38. The number of imide groups is 1. The molecule has 7 rings (SSSR count). The van der Waals surface area contributed by atoms with Crippen LogP contribution in [-0.4, -0.2) is 54.3 Å². The van der Waals surface area contributed by atoms with Crippen molar-refractivity contribution in [3.8, 4) is 0 Å². The van der Waals surface area contributed by atoms with Crippen LogP contribution in [0.4, 0.5) is 5.69 Å². The molecule has 208 valence electrons. The van der Waals surface area contributed by atoms with Gasteiger partial charge >= 0.3 is 11.9 Å². The molecule has 0 saturated carbocycles. The van der Waals surface area contributed by atoms with Gasteiger partial charge in [0.15, 0.2) is 6.61 Å². The molecule has 0 radical (unpaired) electrons. The van der Waals surface area contributed by atoms with Crippen molar-refractivity contribution in [1.29, 1.82) is 0 Å². The first-order chi connectivity index (χ1) is 19.9. The molecule has 3 aromatic carbocycles. The molecule has 1 saturated heterocycles. The highest BCUT2D eigenvalue weighted by Gasteiger charge is 2.61. The lowest BCUT2D eigenvalue weighted by Gasteiger charge is -2.45. The average Bonchev–Trinajstić information content (AvgIpc) is 3.24. The van der Waals surface area contributed by atoms with Crippen molar-refractivity contribution < 1.29 is 33.4 Å². The molecular formula is C32H28N2O7. The monoisotopic (exact) mass is 552 g/mol. The molecule has 4 aliphatic rings. The van der Waals surface area contributed by atoms with Gasteiger partial charge in [-0.1, -0.05) is 55.5 Å². The van der Waals surface area contributed by atoms with E-state index in [2.05, 4.69) is 5.32 Å². The highest BCUT2D eigenvalue weighted by molar-refractivity contribution is 6.09. The summed E-state index contributed by atoms with van der Waals surface area (Å²) in [6.45, 7) is 1.07. The number of nitrogens with one attached hydrogen (secondary N) is 1. The smallest absolute Gasteiger partial charge is 0.338 e. The van der Waals surface area contributed by atoms with Gasteiger partial charge in [0, 0.05) is 17.5 Å². The number of carbonyl (C=O) groups excluding carboxylic acids is 5. The minimum Gasteiger partial charge on any atom is -0.462 e. The third-order valence-electron chi connectivity index (χ3n) is 8.03. The summed E-state index contributed by atoms with van der Waals surface area (Å²) in [5.41, 5.74) is 4.94. The van der Waals surface area contributed by atoms with Crippen LogP contribution in [0.15, 0.2) is 72.8 Å².